The zero-order chi connectivity index (χ0) is 24.9. The second kappa shape index (κ2) is 10.8. The fraction of sp³-hybridized carbons (Fsp3) is 0.296. The summed E-state index contributed by atoms with van der Waals surface area (Å²) >= 11 is 0. The lowest BCUT2D eigenvalue weighted by Crippen LogP contribution is -2.41. The van der Waals surface area contributed by atoms with E-state index in [1.54, 1.807) is 21.0 Å². The number of nitrogens with zero attached hydrogens (tertiary/aromatic N) is 1. The van der Waals surface area contributed by atoms with Crippen molar-refractivity contribution in [1.82, 2.24) is 9.62 Å². The highest BCUT2D eigenvalue weighted by Crippen LogP contribution is 2.27. The number of nitrogens with one attached hydrogen (secondary N) is 1. The number of aryl methyl sites for hydroxylation is 3. The van der Waals surface area contributed by atoms with E-state index in [1.807, 2.05) is 80.6 Å². The summed E-state index contributed by atoms with van der Waals surface area (Å²) in [6, 6.07) is 20.1. The molecule has 0 aliphatic rings. The van der Waals surface area contributed by atoms with Crippen molar-refractivity contribution in [2.75, 3.05) is 13.7 Å². The maximum absolute atomic E-state index is 13.8. The molecule has 34 heavy (non-hydrogen) atoms. The van der Waals surface area contributed by atoms with Gasteiger partial charge in [0.25, 0.3) is 0 Å². The SMILES string of the molecule is COc1ccccc1C(C)NC(=O)CN(Cc1ccccc1)S(=O)(=O)c1c(C)cc(C)cc1C. The molecular formula is C27H32N2O4S. The monoisotopic (exact) mass is 480 g/mol. The van der Waals surface area contributed by atoms with Gasteiger partial charge in [-0.3, -0.25) is 4.79 Å². The van der Waals surface area contributed by atoms with Crippen molar-refractivity contribution in [2.24, 2.45) is 0 Å². The molecular weight excluding hydrogens is 448 g/mol. The van der Waals surface area contributed by atoms with Crippen LogP contribution in [0.1, 0.15) is 40.8 Å². The number of para-hydroxylation sites is 1. The maximum Gasteiger partial charge on any atom is 0.244 e. The molecule has 7 heteroatoms. The number of ether oxygens (including phenoxy) is 1. The Morgan fingerprint density at radius 3 is 2.18 bits per heavy atom. The first-order valence-corrected chi connectivity index (χ1v) is 12.6. The summed E-state index contributed by atoms with van der Waals surface area (Å²) in [5.41, 5.74) is 3.95. The second-order valence-corrected chi connectivity index (χ2v) is 10.4. The molecule has 0 bridgehead atoms. The third-order valence-electron chi connectivity index (χ3n) is 5.71. The maximum atomic E-state index is 13.8. The Balaban J connectivity index is 1.91. The van der Waals surface area contributed by atoms with E-state index >= 15 is 0 Å². The first-order chi connectivity index (χ1) is 16.1. The van der Waals surface area contributed by atoms with Gasteiger partial charge in [0.1, 0.15) is 5.75 Å². The highest BCUT2D eigenvalue weighted by atomic mass is 32.2. The van der Waals surface area contributed by atoms with E-state index in [2.05, 4.69) is 5.32 Å². The molecule has 0 aromatic heterocycles. The Morgan fingerprint density at radius 1 is 0.971 bits per heavy atom. The molecule has 1 amide bonds. The molecule has 1 N–H and O–H groups in total. The smallest absolute Gasteiger partial charge is 0.244 e. The first kappa shape index (κ1) is 25.5. The van der Waals surface area contributed by atoms with Gasteiger partial charge in [0.15, 0.2) is 0 Å². The lowest BCUT2D eigenvalue weighted by atomic mass is 10.1. The van der Waals surface area contributed by atoms with Crippen molar-refractivity contribution in [1.29, 1.82) is 0 Å². The van der Waals surface area contributed by atoms with Gasteiger partial charge in [-0.05, 0) is 50.5 Å². The summed E-state index contributed by atoms with van der Waals surface area (Å²) in [4.78, 5) is 13.3. The minimum atomic E-state index is -3.94. The number of methoxy groups -OCH3 is 1. The van der Waals surface area contributed by atoms with E-state index in [-0.39, 0.29) is 29.9 Å². The summed E-state index contributed by atoms with van der Waals surface area (Å²) in [7, 11) is -2.36. The molecule has 1 atom stereocenters. The van der Waals surface area contributed by atoms with Crippen molar-refractivity contribution in [3.63, 3.8) is 0 Å². The molecule has 0 heterocycles. The number of rotatable bonds is 9. The fourth-order valence-electron chi connectivity index (χ4n) is 4.26. The van der Waals surface area contributed by atoms with Gasteiger partial charge in [0.2, 0.25) is 15.9 Å². The van der Waals surface area contributed by atoms with Crippen LogP contribution in [0.5, 0.6) is 5.75 Å². The number of sulfonamides is 1. The average molecular weight is 481 g/mol. The second-order valence-electron chi connectivity index (χ2n) is 8.52. The normalized spacial score (nSPS) is 12.4. The van der Waals surface area contributed by atoms with Crippen LogP contribution in [0.4, 0.5) is 0 Å². The van der Waals surface area contributed by atoms with Crippen molar-refractivity contribution in [3.05, 3.63) is 94.5 Å². The van der Waals surface area contributed by atoms with Crippen LogP contribution in [0.15, 0.2) is 71.6 Å². The molecule has 0 spiro atoms. The zero-order valence-corrected chi connectivity index (χ0v) is 21.1. The Bertz CT molecular complexity index is 1230. The topological polar surface area (TPSA) is 75.7 Å². The molecule has 1 unspecified atom stereocenters. The molecule has 0 aliphatic carbocycles. The molecule has 0 aliphatic heterocycles. The standard InChI is InChI=1S/C27H32N2O4S/c1-19-15-20(2)27(21(3)16-19)34(31,32)29(17-23-11-7-6-8-12-23)18-26(30)28-22(4)24-13-9-10-14-25(24)33-5/h6-16,22H,17-18H2,1-5H3,(H,28,30). The van der Waals surface area contributed by atoms with Gasteiger partial charge in [-0.1, -0.05) is 66.2 Å². The first-order valence-electron chi connectivity index (χ1n) is 11.2. The van der Waals surface area contributed by atoms with Crippen LogP contribution in [-0.4, -0.2) is 32.3 Å². The van der Waals surface area contributed by atoms with E-state index in [1.165, 1.54) is 4.31 Å². The summed E-state index contributed by atoms with van der Waals surface area (Å²) in [5.74, 6) is 0.273. The Labute approximate surface area is 202 Å². The van der Waals surface area contributed by atoms with Gasteiger partial charge < -0.3 is 10.1 Å². The third kappa shape index (κ3) is 5.85. The molecule has 6 nitrogen and oxygen atoms in total. The van der Waals surface area contributed by atoms with Crippen molar-refractivity contribution < 1.29 is 17.9 Å². The largest absolute Gasteiger partial charge is 0.496 e. The molecule has 0 saturated heterocycles. The molecule has 3 aromatic carbocycles. The molecule has 180 valence electrons. The average Bonchev–Trinajstić information content (AvgIpc) is 2.78. The van der Waals surface area contributed by atoms with E-state index in [9.17, 15) is 13.2 Å². The quantitative estimate of drug-likeness (QED) is 0.482. The van der Waals surface area contributed by atoms with Gasteiger partial charge in [0.05, 0.1) is 24.6 Å². The summed E-state index contributed by atoms with van der Waals surface area (Å²) in [6.07, 6.45) is 0. The van der Waals surface area contributed by atoms with Crippen molar-refractivity contribution >= 4 is 15.9 Å². The van der Waals surface area contributed by atoms with Crippen molar-refractivity contribution in [2.45, 2.75) is 45.2 Å². The van der Waals surface area contributed by atoms with Crippen LogP contribution < -0.4 is 10.1 Å². The minimum absolute atomic E-state index is 0.0897. The van der Waals surface area contributed by atoms with Gasteiger partial charge in [-0.2, -0.15) is 4.31 Å². The number of hydrogen-bond donors (Lipinski definition) is 1. The Morgan fingerprint density at radius 2 is 1.56 bits per heavy atom. The van der Waals surface area contributed by atoms with E-state index in [0.29, 0.717) is 16.9 Å². The van der Waals surface area contributed by atoms with E-state index in [4.69, 9.17) is 4.74 Å². The lowest BCUT2D eigenvalue weighted by Gasteiger charge is -2.25. The molecule has 0 fully saturated rings. The number of benzene rings is 3. The van der Waals surface area contributed by atoms with Gasteiger partial charge in [-0.15, -0.1) is 0 Å². The molecule has 0 radical (unpaired) electrons. The number of hydrogen-bond acceptors (Lipinski definition) is 4. The summed E-state index contributed by atoms with van der Waals surface area (Å²) < 4.78 is 34.3. The van der Waals surface area contributed by atoms with Crippen LogP contribution in [0.25, 0.3) is 0 Å². The number of carbonyl (C=O) groups excluding carboxylic acids is 1. The van der Waals surface area contributed by atoms with Gasteiger partial charge in [-0.25, -0.2) is 8.42 Å². The van der Waals surface area contributed by atoms with Crippen LogP contribution in [-0.2, 0) is 21.4 Å². The molecule has 0 saturated carbocycles. The summed E-state index contributed by atoms with van der Waals surface area (Å²) in [6.45, 7) is 7.15. The zero-order valence-electron chi connectivity index (χ0n) is 20.3. The Hall–Kier alpha value is -3.16. The highest BCUT2D eigenvalue weighted by molar-refractivity contribution is 7.89. The highest BCUT2D eigenvalue weighted by Gasteiger charge is 2.30. The van der Waals surface area contributed by atoms with E-state index in [0.717, 1.165) is 16.7 Å². The van der Waals surface area contributed by atoms with Gasteiger partial charge >= 0.3 is 0 Å². The third-order valence-corrected chi connectivity index (χ3v) is 7.81. The lowest BCUT2D eigenvalue weighted by molar-refractivity contribution is -0.122. The molecule has 3 aromatic rings. The fourth-order valence-corrected chi connectivity index (χ4v) is 6.06. The number of carbonyl (C=O) groups is 1. The minimum Gasteiger partial charge on any atom is -0.496 e. The van der Waals surface area contributed by atoms with Crippen LogP contribution in [0.2, 0.25) is 0 Å². The predicted octanol–water partition coefficient (Wildman–Crippen LogP) is 4.69. The summed E-state index contributed by atoms with van der Waals surface area (Å²) in [5, 5.41) is 2.92. The van der Waals surface area contributed by atoms with E-state index < -0.39 is 10.0 Å². The Kier molecular flexibility index (Phi) is 8.12. The molecule has 3 rings (SSSR count). The van der Waals surface area contributed by atoms with Crippen LogP contribution in [0.3, 0.4) is 0 Å². The van der Waals surface area contributed by atoms with Crippen molar-refractivity contribution in [3.8, 4) is 5.75 Å². The van der Waals surface area contributed by atoms with Crippen LogP contribution in [0, 0.1) is 20.8 Å². The number of amides is 1. The predicted molar refractivity (Wildman–Crippen MR) is 134 cm³/mol. The van der Waals surface area contributed by atoms with Crippen LogP contribution >= 0.6 is 0 Å². The van der Waals surface area contributed by atoms with Gasteiger partial charge in [0, 0.05) is 12.1 Å².